The molecule has 0 aliphatic carbocycles. The van der Waals surface area contributed by atoms with Gasteiger partial charge in [-0.15, -0.1) is 5.10 Å². The van der Waals surface area contributed by atoms with Crippen molar-refractivity contribution in [2.24, 2.45) is 0 Å². The lowest BCUT2D eigenvalue weighted by atomic mass is 10.0. The fourth-order valence-corrected chi connectivity index (χ4v) is 2.26. The van der Waals surface area contributed by atoms with Crippen molar-refractivity contribution in [2.75, 3.05) is 7.05 Å². The van der Waals surface area contributed by atoms with Crippen LogP contribution in [0.1, 0.15) is 30.6 Å². The summed E-state index contributed by atoms with van der Waals surface area (Å²) < 4.78 is 15.9. The molecule has 6 heteroatoms. The van der Waals surface area contributed by atoms with Gasteiger partial charge in [0.25, 0.3) is 0 Å². The van der Waals surface area contributed by atoms with E-state index >= 15 is 0 Å². The minimum Gasteiger partial charge on any atom is -0.308 e. The van der Waals surface area contributed by atoms with Crippen molar-refractivity contribution >= 4 is 11.6 Å². The first-order valence-corrected chi connectivity index (χ1v) is 6.56. The molecular formula is C13H16ClFN4. The largest absolute Gasteiger partial charge is 0.308 e. The number of rotatable bonds is 5. The van der Waals surface area contributed by atoms with Gasteiger partial charge in [-0.1, -0.05) is 35.9 Å². The summed E-state index contributed by atoms with van der Waals surface area (Å²) in [5.74, 6) is -0.409. The molecule has 0 aliphatic heterocycles. The molecule has 0 saturated heterocycles. The van der Waals surface area contributed by atoms with Gasteiger partial charge in [0.1, 0.15) is 5.82 Å². The van der Waals surface area contributed by atoms with Crippen LogP contribution in [-0.2, 0) is 6.54 Å². The van der Waals surface area contributed by atoms with Gasteiger partial charge in [-0.2, -0.15) is 0 Å². The van der Waals surface area contributed by atoms with Crippen molar-refractivity contribution in [3.05, 3.63) is 46.5 Å². The molecule has 1 unspecified atom stereocenters. The van der Waals surface area contributed by atoms with Crippen LogP contribution in [-0.4, -0.2) is 22.0 Å². The fraction of sp³-hybridized carbons (Fsp3) is 0.385. The third kappa shape index (κ3) is 2.77. The zero-order valence-electron chi connectivity index (χ0n) is 10.9. The second-order valence-electron chi connectivity index (χ2n) is 4.25. The maximum Gasteiger partial charge on any atom is 0.146 e. The summed E-state index contributed by atoms with van der Waals surface area (Å²) in [6.45, 7) is 2.80. The number of benzene rings is 1. The molecule has 2 aromatic rings. The summed E-state index contributed by atoms with van der Waals surface area (Å²) in [5.41, 5.74) is 1.32. The van der Waals surface area contributed by atoms with E-state index < -0.39 is 5.82 Å². The van der Waals surface area contributed by atoms with Gasteiger partial charge in [-0.3, -0.25) is 0 Å². The zero-order chi connectivity index (χ0) is 13.8. The molecule has 0 saturated carbocycles. The minimum atomic E-state index is -0.409. The maximum absolute atomic E-state index is 14.1. The van der Waals surface area contributed by atoms with Crippen LogP contribution in [0, 0.1) is 5.82 Å². The number of aromatic nitrogens is 3. The van der Waals surface area contributed by atoms with Gasteiger partial charge in [-0.25, -0.2) is 9.07 Å². The van der Waals surface area contributed by atoms with Crippen LogP contribution in [0.4, 0.5) is 4.39 Å². The fourth-order valence-electron chi connectivity index (χ4n) is 2.08. The van der Waals surface area contributed by atoms with Crippen LogP contribution >= 0.6 is 11.6 Å². The van der Waals surface area contributed by atoms with Crippen LogP contribution in [0.25, 0.3) is 0 Å². The summed E-state index contributed by atoms with van der Waals surface area (Å²) in [4.78, 5) is 0. The Balaban J connectivity index is 2.44. The topological polar surface area (TPSA) is 42.7 Å². The number of nitrogens with zero attached hydrogens (tertiary/aromatic N) is 3. The summed E-state index contributed by atoms with van der Waals surface area (Å²) in [7, 11) is 1.77. The molecular weight excluding hydrogens is 267 g/mol. The molecule has 102 valence electrons. The summed E-state index contributed by atoms with van der Waals surface area (Å²) in [6.07, 6.45) is 2.59. The highest BCUT2D eigenvalue weighted by Gasteiger charge is 2.21. The Hall–Kier alpha value is -1.46. The van der Waals surface area contributed by atoms with Gasteiger partial charge >= 0.3 is 0 Å². The number of hydrogen-bond acceptors (Lipinski definition) is 3. The highest BCUT2D eigenvalue weighted by molar-refractivity contribution is 6.30. The van der Waals surface area contributed by atoms with E-state index in [0.717, 1.165) is 18.7 Å². The lowest BCUT2D eigenvalue weighted by Crippen LogP contribution is -2.22. The Morgan fingerprint density at radius 1 is 1.47 bits per heavy atom. The average Bonchev–Trinajstić information content (AvgIpc) is 2.84. The third-order valence-corrected chi connectivity index (χ3v) is 3.25. The molecule has 4 nitrogen and oxygen atoms in total. The third-order valence-electron chi connectivity index (χ3n) is 2.96. The monoisotopic (exact) mass is 282 g/mol. The van der Waals surface area contributed by atoms with Crippen LogP contribution in [0.2, 0.25) is 5.02 Å². The maximum atomic E-state index is 14.1. The van der Waals surface area contributed by atoms with E-state index in [9.17, 15) is 4.39 Å². The molecule has 0 amide bonds. The van der Waals surface area contributed by atoms with E-state index in [1.165, 1.54) is 6.07 Å². The van der Waals surface area contributed by atoms with E-state index in [4.69, 9.17) is 11.6 Å². The van der Waals surface area contributed by atoms with E-state index in [1.807, 2.05) is 0 Å². The Bertz CT molecular complexity index is 555. The lowest BCUT2D eigenvalue weighted by Gasteiger charge is -2.18. The number of halogens is 2. The Morgan fingerprint density at radius 3 is 2.95 bits per heavy atom. The molecule has 1 aromatic carbocycles. The Kier molecular flexibility index (Phi) is 4.50. The van der Waals surface area contributed by atoms with Gasteiger partial charge in [-0.05, 0) is 19.5 Å². The van der Waals surface area contributed by atoms with Crippen molar-refractivity contribution in [1.29, 1.82) is 0 Å². The van der Waals surface area contributed by atoms with Gasteiger partial charge in [0.2, 0.25) is 0 Å². The Labute approximate surface area is 116 Å². The van der Waals surface area contributed by atoms with Crippen LogP contribution in [0.5, 0.6) is 0 Å². The molecule has 1 atom stereocenters. The Morgan fingerprint density at radius 2 is 2.26 bits per heavy atom. The molecule has 19 heavy (non-hydrogen) atoms. The molecule has 1 aromatic heterocycles. The standard InChI is InChI=1S/C13H16ClFN4/c1-3-7-19-11(8-17-18-19)13(16-2)9-5-4-6-10(14)12(9)15/h4-6,8,13,16H,3,7H2,1-2H3. The van der Waals surface area contributed by atoms with Gasteiger partial charge in [0.05, 0.1) is 23.0 Å². The van der Waals surface area contributed by atoms with Gasteiger partial charge in [0.15, 0.2) is 0 Å². The van der Waals surface area contributed by atoms with E-state index in [-0.39, 0.29) is 11.1 Å². The van der Waals surface area contributed by atoms with Crippen molar-refractivity contribution in [3.63, 3.8) is 0 Å². The van der Waals surface area contributed by atoms with Gasteiger partial charge in [0, 0.05) is 12.1 Å². The molecule has 1 N–H and O–H groups in total. The summed E-state index contributed by atoms with van der Waals surface area (Å²) in [6, 6.07) is 4.67. The highest BCUT2D eigenvalue weighted by atomic mass is 35.5. The molecule has 1 heterocycles. The molecule has 2 rings (SSSR count). The SMILES string of the molecule is CCCn1nncc1C(NC)c1cccc(Cl)c1F. The van der Waals surface area contributed by atoms with Crippen molar-refractivity contribution in [1.82, 2.24) is 20.3 Å². The average molecular weight is 283 g/mol. The lowest BCUT2D eigenvalue weighted by molar-refractivity contribution is 0.509. The first kappa shape index (κ1) is 14.0. The van der Waals surface area contributed by atoms with Crippen LogP contribution in [0.15, 0.2) is 24.4 Å². The van der Waals surface area contributed by atoms with Crippen LogP contribution in [0.3, 0.4) is 0 Å². The number of nitrogens with one attached hydrogen (secondary N) is 1. The molecule has 0 fully saturated rings. The van der Waals surface area contributed by atoms with Gasteiger partial charge < -0.3 is 5.32 Å². The predicted octanol–water partition coefficient (Wildman–Crippen LogP) is 2.79. The van der Waals surface area contributed by atoms with E-state index in [2.05, 4.69) is 22.6 Å². The normalized spacial score (nSPS) is 12.6. The van der Waals surface area contributed by atoms with E-state index in [1.54, 1.807) is 30.1 Å². The highest BCUT2D eigenvalue weighted by Crippen LogP contribution is 2.27. The number of hydrogen-bond donors (Lipinski definition) is 1. The van der Waals surface area contributed by atoms with E-state index in [0.29, 0.717) is 5.56 Å². The summed E-state index contributed by atoms with van der Waals surface area (Å²) in [5, 5.41) is 11.1. The molecule has 0 bridgehead atoms. The minimum absolute atomic E-state index is 0.118. The predicted molar refractivity (Wildman–Crippen MR) is 72.6 cm³/mol. The molecule has 0 aliphatic rings. The second kappa shape index (κ2) is 6.12. The number of aryl methyl sites for hydroxylation is 1. The first-order valence-electron chi connectivity index (χ1n) is 6.18. The molecule has 0 radical (unpaired) electrons. The quantitative estimate of drug-likeness (QED) is 0.917. The van der Waals surface area contributed by atoms with Crippen LogP contribution < -0.4 is 5.32 Å². The molecule has 0 spiro atoms. The van der Waals surface area contributed by atoms with Crippen molar-refractivity contribution in [2.45, 2.75) is 25.9 Å². The summed E-state index contributed by atoms with van der Waals surface area (Å²) >= 11 is 5.84. The second-order valence-corrected chi connectivity index (χ2v) is 4.65. The first-order chi connectivity index (χ1) is 9.19. The smallest absolute Gasteiger partial charge is 0.146 e. The van der Waals surface area contributed by atoms with Crippen molar-refractivity contribution < 1.29 is 4.39 Å². The van der Waals surface area contributed by atoms with Crippen molar-refractivity contribution in [3.8, 4) is 0 Å². The zero-order valence-corrected chi connectivity index (χ0v) is 11.7.